The van der Waals surface area contributed by atoms with E-state index in [1.165, 1.54) is 0 Å². The van der Waals surface area contributed by atoms with Crippen LogP contribution in [0.3, 0.4) is 0 Å². The van der Waals surface area contributed by atoms with Crippen LogP contribution in [0.5, 0.6) is 5.75 Å². The van der Waals surface area contributed by atoms with Gasteiger partial charge in [-0.2, -0.15) is 0 Å². The second-order valence-corrected chi connectivity index (χ2v) is 5.82. The number of benzene rings is 1. The van der Waals surface area contributed by atoms with Gasteiger partial charge in [0.05, 0.1) is 6.61 Å². The smallest absolute Gasteiger partial charge is 0.325 e. The van der Waals surface area contributed by atoms with Gasteiger partial charge in [0.2, 0.25) is 5.91 Å². The van der Waals surface area contributed by atoms with Crippen LogP contribution in [-0.2, 0) is 9.59 Å². The zero-order chi connectivity index (χ0) is 17.9. The Morgan fingerprint density at radius 2 is 1.96 bits per heavy atom. The molecule has 0 aliphatic carbocycles. The standard InChI is InChI=1S/C16H21N3O5/c1-9(2)13(14(17)21)19-15(22)12(18-16(19)23)10-3-5-11(6-4-10)24-8-7-20/h3-6,9,12-13,20H,7-8H2,1-2H3,(H2,17,21)(H,18,23)/t12-,13?/m1/s1. The number of ether oxygens (including phenoxy) is 1. The van der Waals surface area contributed by atoms with Crippen LogP contribution in [0, 0.1) is 5.92 Å². The SMILES string of the molecule is CC(C)C(C(N)=O)N1C(=O)N[C@H](c2ccc(OCCO)cc2)C1=O. The number of nitrogens with one attached hydrogen (secondary N) is 1. The molecule has 24 heavy (non-hydrogen) atoms. The highest BCUT2D eigenvalue weighted by atomic mass is 16.5. The van der Waals surface area contributed by atoms with Crippen molar-refractivity contribution < 1.29 is 24.2 Å². The molecule has 1 aliphatic rings. The Bertz CT molecular complexity index is 629. The number of rotatable bonds is 7. The summed E-state index contributed by atoms with van der Waals surface area (Å²) in [6, 6.07) is 4.08. The molecule has 8 nitrogen and oxygen atoms in total. The van der Waals surface area contributed by atoms with Crippen LogP contribution in [0.2, 0.25) is 0 Å². The topological polar surface area (TPSA) is 122 Å². The summed E-state index contributed by atoms with van der Waals surface area (Å²) in [7, 11) is 0. The minimum Gasteiger partial charge on any atom is -0.491 e. The van der Waals surface area contributed by atoms with Crippen LogP contribution < -0.4 is 15.8 Å². The molecule has 4 amide bonds. The molecular formula is C16H21N3O5. The third kappa shape index (κ3) is 3.48. The van der Waals surface area contributed by atoms with E-state index in [0.29, 0.717) is 11.3 Å². The van der Waals surface area contributed by atoms with Crippen LogP contribution in [-0.4, -0.2) is 47.1 Å². The molecule has 1 aromatic carbocycles. The molecule has 130 valence electrons. The number of aliphatic hydroxyl groups is 1. The molecule has 1 aliphatic heterocycles. The van der Waals surface area contributed by atoms with Crippen LogP contribution in [0.4, 0.5) is 4.79 Å². The molecule has 1 saturated heterocycles. The maximum absolute atomic E-state index is 12.6. The lowest BCUT2D eigenvalue weighted by molar-refractivity contribution is -0.136. The van der Waals surface area contributed by atoms with Gasteiger partial charge in [-0.25, -0.2) is 9.69 Å². The maximum atomic E-state index is 12.6. The van der Waals surface area contributed by atoms with Crippen molar-refractivity contribution in [3.8, 4) is 5.75 Å². The van der Waals surface area contributed by atoms with Gasteiger partial charge in [-0.1, -0.05) is 26.0 Å². The van der Waals surface area contributed by atoms with E-state index in [-0.39, 0.29) is 19.1 Å². The molecule has 1 aromatic rings. The molecule has 1 heterocycles. The van der Waals surface area contributed by atoms with Gasteiger partial charge in [-0.05, 0) is 23.6 Å². The first-order chi connectivity index (χ1) is 11.4. The quantitative estimate of drug-likeness (QED) is 0.613. The van der Waals surface area contributed by atoms with Gasteiger partial charge in [0.15, 0.2) is 0 Å². The van der Waals surface area contributed by atoms with Crippen molar-refractivity contribution in [1.82, 2.24) is 10.2 Å². The van der Waals surface area contributed by atoms with Crippen molar-refractivity contribution in [1.29, 1.82) is 0 Å². The van der Waals surface area contributed by atoms with Gasteiger partial charge in [-0.15, -0.1) is 0 Å². The molecule has 2 atom stereocenters. The van der Waals surface area contributed by atoms with Gasteiger partial charge < -0.3 is 20.9 Å². The number of carbonyl (C=O) groups excluding carboxylic acids is 3. The molecule has 0 saturated carbocycles. The third-order valence-corrected chi connectivity index (χ3v) is 3.75. The lowest BCUT2D eigenvalue weighted by Crippen LogP contribution is -2.51. The zero-order valence-corrected chi connectivity index (χ0v) is 13.6. The number of nitrogens with zero attached hydrogens (tertiary/aromatic N) is 1. The number of amides is 4. The largest absolute Gasteiger partial charge is 0.491 e. The number of hydrogen-bond acceptors (Lipinski definition) is 5. The summed E-state index contributed by atoms with van der Waals surface area (Å²) < 4.78 is 5.25. The lowest BCUT2D eigenvalue weighted by Gasteiger charge is -2.25. The predicted molar refractivity (Wildman–Crippen MR) is 85.0 cm³/mol. The Kier molecular flexibility index (Phi) is 5.40. The molecule has 0 spiro atoms. The zero-order valence-electron chi connectivity index (χ0n) is 13.6. The van der Waals surface area contributed by atoms with Crippen LogP contribution in [0.15, 0.2) is 24.3 Å². The Morgan fingerprint density at radius 1 is 1.33 bits per heavy atom. The summed E-state index contributed by atoms with van der Waals surface area (Å²) >= 11 is 0. The average molecular weight is 335 g/mol. The summed E-state index contributed by atoms with van der Waals surface area (Å²) in [5.41, 5.74) is 5.91. The molecule has 1 fully saturated rings. The Morgan fingerprint density at radius 3 is 2.46 bits per heavy atom. The summed E-state index contributed by atoms with van der Waals surface area (Å²) in [6.07, 6.45) is 0. The van der Waals surface area contributed by atoms with Gasteiger partial charge >= 0.3 is 6.03 Å². The second kappa shape index (κ2) is 7.31. The van der Waals surface area contributed by atoms with Crippen molar-refractivity contribution in [2.24, 2.45) is 11.7 Å². The first kappa shape index (κ1) is 17.7. The van der Waals surface area contributed by atoms with E-state index >= 15 is 0 Å². The number of hydrogen-bond donors (Lipinski definition) is 3. The van der Waals surface area contributed by atoms with E-state index in [4.69, 9.17) is 15.6 Å². The minimum atomic E-state index is -0.991. The molecule has 0 radical (unpaired) electrons. The third-order valence-electron chi connectivity index (χ3n) is 3.75. The van der Waals surface area contributed by atoms with Gasteiger partial charge in [0.25, 0.3) is 5.91 Å². The predicted octanol–water partition coefficient (Wildman–Crippen LogP) is 0.160. The second-order valence-electron chi connectivity index (χ2n) is 5.82. The number of primary amides is 1. The molecule has 4 N–H and O–H groups in total. The molecular weight excluding hydrogens is 314 g/mol. The first-order valence-corrected chi connectivity index (χ1v) is 7.63. The van der Waals surface area contributed by atoms with E-state index in [9.17, 15) is 14.4 Å². The first-order valence-electron chi connectivity index (χ1n) is 7.63. The van der Waals surface area contributed by atoms with Crippen molar-refractivity contribution >= 4 is 17.8 Å². The molecule has 2 rings (SSSR count). The van der Waals surface area contributed by atoms with Crippen molar-refractivity contribution in [2.75, 3.05) is 13.2 Å². The highest BCUT2D eigenvalue weighted by molar-refractivity contribution is 6.07. The fourth-order valence-corrected chi connectivity index (χ4v) is 2.66. The minimum absolute atomic E-state index is 0.0996. The summed E-state index contributed by atoms with van der Waals surface area (Å²) in [6.45, 7) is 3.51. The fraction of sp³-hybridized carbons (Fsp3) is 0.438. The summed E-state index contributed by atoms with van der Waals surface area (Å²) in [4.78, 5) is 37.3. The van der Waals surface area contributed by atoms with E-state index in [1.54, 1.807) is 38.1 Å². The van der Waals surface area contributed by atoms with Crippen molar-refractivity contribution in [3.05, 3.63) is 29.8 Å². The number of imide groups is 1. The van der Waals surface area contributed by atoms with Crippen molar-refractivity contribution in [2.45, 2.75) is 25.9 Å². The van der Waals surface area contributed by atoms with E-state index in [1.807, 2.05) is 0 Å². The normalized spacial score (nSPS) is 18.7. The van der Waals surface area contributed by atoms with Crippen LogP contribution in [0.1, 0.15) is 25.5 Å². The maximum Gasteiger partial charge on any atom is 0.325 e. The van der Waals surface area contributed by atoms with E-state index < -0.39 is 29.9 Å². The van der Waals surface area contributed by atoms with Gasteiger partial charge in [0, 0.05) is 0 Å². The summed E-state index contributed by atoms with van der Waals surface area (Å²) in [5.74, 6) is -0.979. The number of nitrogens with two attached hydrogens (primary N) is 1. The average Bonchev–Trinajstić information content (AvgIpc) is 2.81. The Hall–Kier alpha value is -2.61. The van der Waals surface area contributed by atoms with E-state index in [0.717, 1.165) is 4.90 Å². The monoisotopic (exact) mass is 335 g/mol. The molecule has 0 aromatic heterocycles. The molecule has 8 heteroatoms. The van der Waals surface area contributed by atoms with E-state index in [2.05, 4.69) is 5.32 Å². The van der Waals surface area contributed by atoms with Gasteiger partial charge in [-0.3, -0.25) is 9.59 Å². The number of urea groups is 1. The Balaban J connectivity index is 2.20. The van der Waals surface area contributed by atoms with Crippen LogP contribution >= 0.6 is 0 Å². The summed E-state index contributed by atoms with van der Waals surface area (Å²) in [5, 5.41) is 11.3. The Labute approximate surface area is 139 Å². The number of aliphatic hydroxyl groups excluding tert-OH is 1. The highest BCUT2D eigenvalue weighted by Gasteiger charge is 2.45. The lowest BCUT2D eigenvalue weighted by atomic mass is 10.0. The van der Waals surface area contributed by atoms with Crippen LogP contribution in [0.25, 0.3) is 0 Å². The molecule has 1 unspecified atom stereocenters. The highest BCUT2D eigenvalue weighted by Crippen LogP contribution is 2.27. The number of carbonyl (C=O) groups is 3. The molecule has 0 bridgehead atoms. The fourth-order valence-electron chi connectivity index (χ4n) is 2.66. The van der Waals surface area contributed by atoms with Gasteiger partial charge in [0.1, 0.15) is 24.4 Å². The van der Waals surface area contributed by atoms with Crippen molar-refractivity contribution in [3.63, 3.8) is 0 Å².